The lowest BCUT2D eigenvalue weighted by Crippen LogP contribution is -2.15. The van der Waals surface area contributed by atoms with Crippen LogP contribution >= 0.6 is 23.1 Å². The van der Waals surface area contributed by atoms with E-state index in [9.17, 15) is 0 Å². The van der Waals surface area contributed by atoms with Crippen molar-refractivity contribution in [1.29, 1.82) is 0 Å². The third-order valence-electron chi connectivity index (χ3n) is 5.36. The first-order valence-electron chi connectivity index (χ1n) is 11.4. The second kappa shape index (κ2) is 9.02. The molecule has 0 N–H and O–H groups in total. The number of allylic oxidation sites excluding steroid dienone is 6. The minimum absolute atomic E-state index is 0.144. The number of hydrogen-bond donors (Lipinski definition) is 0. The van der Waals surface area contributed by atoms with Crippen LogP contribution in [0.25, 0.3) is 6.08 Å². The normalized spacial score (nSPS) is 17.9. The summed E-state index contributed by atoms with van der Waals surface area (Å²) in [4.78, 5) is 5.52. The molecule has 2 heterocycles. The molecular weight excluding hydrogens is 412 g/mol. The van der Waals surface area contributed by atoms with Crippen LogP contribution in [-0.4, -0.2) is 0 Å². The Morgan fingerprint density at radius 3 is 1.81 bits per heavy atom. The summed E-state index contributed by atoms with van der Waals surface area (Å²) in [5, 5.41) is 0. The van der Waals surface area contributed by atoms with E-state index in [0.29, 0.717) is 0 Å². The maximum Gasteiger partial charge on any atom is 0.231 e. The molecule has 0 aromatic carbocycles. The Morgan fingerprint density at radius 1 is 0.710 bits per heavy atom. The van der Waals surface area contributed by atoms with E-state index in [1.54, 1.807) is 0 Å². The first-order valence-corrected chi connectivity index (χ1v) is 13.0. The monoisotopic (exact) mass is 455 g/mol. The number of thioether (sulfide) groups is 1. The summed E-state index contributed by atoms with van der Waals surface area (Å²) in [6.07, 6.45) is 11.6. The van der Waals surface area contributed by atoms with Crippen LogP contribution in [0.4, 0.5) is 0 Å². The van der Waals surface area contributed by atoms with E-state index < -0.39 is 0 Å². The highest BCUT2D eigenvalue weighted by atomic mass is 32.2. The van der Waals surface area contributed by atoms with Crippen LogP contribution in [0.1, 0.15) is 98.4 Å². The molecule has 1 aliphatic heterocycles. The molecule has 1 aromatic rings. The van der Waals surface area contributed by atoms with Gasteiger partial charge in [0.15, 0.2) is 0 Å². The molecule has 0 nitrogen and oxygen atoms in total. The molecule has 0 saturated heterocycles. The summed E-state index contributed by atoms with van der Waals surface area (Å²) in [5.74, 6) is 0. The first-order chi connectivity index (χ1) is 13.9. The fraction of sp³-hybridized carbons (Fsp3) is 0.552. The molecule has 2 rings (SSSR count). The summed E-state index contributed by atoms with van der Waals surface area (Å²) in [7, 11) is 0. The van der Waals surface area contributed by atoms with Crippen LogP contribution in [0, 0.1) is 10.8 Å². The Balaban J connectivity index is 2.44. The molecule has 0 spiro atoms. The second-order valence-corrected chi connectivity index (χ2v) is 15.0. The second-order valence-electron chi connectivity index (χ2n) is 12.8. The van der Waals surface area contributed by atoms with E-state index >= 15 is 0 Å². The molecule has 0 radical (unpaired) electrons. The lowest BCUT2D eigenvalue weighted by molar-refractivity contribution is 0.504. The van der Waals surface area contributed by atoms with Crippen LogP contribution in [-0.2, 0) is 10.8 Å². The SMILES string of the molecule is CC(C)(C)C1=C/C(=C\C=C\c2cc(C(C)(C)C)cc(C(C)(C)C)[s+]2)SC(C(C)(C)C)=C1. The molecule has 0 aliphatic carbocycles. The van der Waals surface area contributed by atoms with Gasteiger partial charge in [-0.15, -0.1) is 0 Å². The summed E-state index contributed by atoms with van der Waals surface area (Å²) in [6.45, 7) is 27.6. The Hall–Kier alpha value is -1.12. The molecule has 170 valence electrons. The maximum atomic E-state index is 2.40. The third-order valence-corrected chi connectivity index (χ3v) is 8.24. The quantitative estimate of drug-likeness (QED) is 0.400. The van der Waals surface area contributed by atoms with Crippen molar-refractivity contribution < 1.29 is 0 Å². The predicted molar refractivity (Wildman–Crippen MR) is 146 cm³/mol. The first kappa shape index (κ1) is 26.1. The van der Waals surface area contributed by atoms with Crippen molar-refractivity contribution in [1.82, 2.24) is 0 Å². The minimum atomic E-state index is 0.144. The summed E-state index contributed by atoms with van der Waals surface area (Å²) in [5.41, 5.74) is 3.41. The number of rotatable bonds is 2. The van der Waals surface area contributed by atoms with Gasteiger partial charge in [-0.2, -0.15) is 0 Å². The molecule has 0 unspecified atom stereocenters. The van der Waals surface area contributed by atoms with Crippen LogP contribution < -0.4 is 0 Å². The fourth-order valence-electron chi connectivity index (χ4n) is 3.05. The van der Waals surface area contributed by atoms with Gasteiger partial charge in [-0.3, -0.25) is 0 Å². The predicted octanol–water partition coefficient (Wildman–Crippen LogP) is 10.2. The largest absolute Gasteiger partial charge is 0.231 e. The highest BCUT2D eigenvalue weighted by Crippen LogP contribution is 2.46. The average Bonchev–Trinajstić information content (AvgIpc) is 2.58. The maximum absolute atomic E-state index is 2.40. The Kier molecular flexibility index (Phi) is 7.61. The van der Waals surface area contributed by atoms with Gasteiger partial charge in [-0.1, -0.05) is 101 Å². The van der Waals surface area contributed by atoms with Crippen LogP contribution in [0.3, 0.4) is 0 Å². The van der Waals surface area contributed by atoms with E-state index in [4.69, 9.17) is 0 Å². The molecule has 1 aromatic heterocycles. The van der Waals surface area contributed by atoms with Gasteiger partial charge in [-0.25, -0.2) is 0 Å². The minimum Gasteiger partial charge on any atom is -0.0940 e. The average molecular weight is 456 g/mol. The van der Waals surface area contributed by atoms with Gasteiger partial charge >= 0.3 is 0 Å². The van der Waals surface area contributed by atoms with Gasteiger partial charge < -0.3 is 0 Å². The smallest absolute Gasteiger partial charge is 0.0940 e. The van der Waals surface area contributed by atoms with Gasteiger partial charge in [-0.05, 0) is 50.5 Å². The van der Waals surface area contributed by atoms with E-state index in [-0.39, 0.29) is 21.7 Å². The molecule has 0 amide bonds. The summed E-state index contributed by atoms with van der Waals surface area (Å²) >= 11 is 3.81. The van der Waals surface area contributed by atoms with Crippen molar-refractivity contribution in [2.24, 2.45) is 10.8 Å². The zero-order valence-electron chi connectivity index (χ0n) is 21.9. The van der Waals surface area contributed by atoms with Gasteiger partial charge in [0.25, 0.3) is 0 Å². The molecule has 31 heavy (non-hydrogen) atoms. The number of hydrogen-bond acceptors (Lipinski definition) is 1. The van der Waals surface area contributed by atoms with Crippen molar-refractivity contribution in [3.05, 3.63) is 67.1 Å². The van der Waals surface area contributed by atoms with Crippen LogP contribution in [0.5, 0.6) is 0 Å². The Bertz CT molecular complexity index is 893. The van der Waals surface area contributed by atoms with E-state index in [2.05, 4.69) is 126 Å². The highest BCUT2D eigenvalue weighted by Gasteiger charge is 2.29. The molecule has 1 aliphatic rings. The van der Waals surface area contributed by atoms with E-state index in [0.717, 1.165) is 0 Å². The zero-order chi connectivity index (χ0) is 23.8. The highest BCUT2D eigenvalue weighted by molar-refractivity contribution is 8.07. The van der Waals surface area contributed by atoms with Gasteiger partial charge in [0.05, 0.1) is 0 Å². The lowest BCUT2D eigenvalue weighted by atomic mass is 9.83. The molecule has 0 fully saturated rings. The lowest BCUT2D eigenvalue weighted by Gasteiger charge is -2.30. The van der Waals surface area contributed by atoms with Crippen molar-refractivity contribution in [3.63, 3.8) is 0 Å². The molecule has 0 bridgehead atoms. The third kappa shape index (κ3) is 7.46. The summed E-state index contributed by atoms with van der Waals surface area (Å²) < 4.78 is 0. The molecule has 2 heteroatoms. The van der Waals surface area contributed by atoms with Gasteiger partial charge in [0.1, 0.15) is 0 Å². The molecule has 0 atom stereocenters. The Morgan fingerprint density at radius 2 is 1.32 bits per heavy atom. The standard InChI is InChI=1S/C29H43S2/c1-26(2,3)20-16-22(30-24(18-20)28(7,8)9)14-13-15-23-17-21(27(4,5)6)19-25(31-23)29(10,11)12/h13-19H,1-12H3/q+1. The van der Waals surface area contributed by atoms with Gasteiger partial charge in [0.2, 0.25) is 21.1 Å². The van der Waals surface area contributed by atoms with E-state index in [1.807, 2.05) is 23.1 Å². The van der Waals surface area contributed by atoms with Crippen molar-refractivity contribution >= 4 is 29.2 Å². The fourth-order valence-corrected chi connectivity index (χ4v) is 5.21. The summed E-state index contributed by atoms with van der Waals surface area (Å²) in [6, 6.07) is 4.76. The van der Waals surface area contributed by atoms with Crippen molar-refractivity contribution in [2.45, 2.75) is 93.9 Å². The van der Waals surface area contributed by atoms with Crippen LogP contribution in [0.2, 0.25) is 0 Å². The Labute approximate surface area is 200 Å². The molecular formula is C29H43S2+. The molecule has 0 saturated carbocycles. The topological polar surface area (TPSA) is 0 Å². The van der Waals surface area contributed by atoms with Gasteiger partial charge in [0, 0.05) is 28.5 Å². The van der Waals surface area contributed by atoms with Crippen LogP contribution in [0.15, 0.2) is 51.8 Å². The zero-order valence-corrected chi connectivity index (χ0v) is 23.5. The van der Waals surface area contributed by atoms with Crippen molar-refractivity contribution in [3.8, 4) is 0 Å². The van der Waals surface area contributed by atoms with Crippen molar-refractivity contribution in [2.75, 3.05) is 0 Å². The van der Waals surface area contributed by atoms with E-state index in [1.165, 1.54) is 30.7 Å².